The highest BCUT2D eigenvalue weighted by Gasteiger charge is 2.44. The summed E-state index contributed by atoms with van der Waals surface area (Å²) in [5.41, 5.74) is 1.08. The molecule has 2 bridgehead atoms. The summed E-state index contributed by atoms with van der Waals surface area (Å²) in [7, 11) is 0. The number of amides is 1. The van der Waals surface area contributed by atoms with Crippen LogP contribution in [0.4, 0.5) is 5.13 Å². The Bertz CT molecular complexity index is 554. The Hall–Kier alpha value is -0.980. The van der Waals surface area contributed by atoms with Crippen LogP contribution in [0.25, 0.3) is 0 Å². The summed E-state index contributed by atoms with van der Waals surface area (Å²) < 4.78 is 5.78. The summed E-state index contributed by atoms with van der Waals surface area (Å²) in [4.78, 5) is 19.5. The largest absolute Gasteiger partial charge is 0.374 e. The van der Waals surface area contributed by atoms with Crippen LogP contribution in [-0.2, 0) is 16.1 Å². The maximum absolute atomic E-state index is 12.4. The highest BCUT2D eigenvalue weighted by atomic mass is 32.1. The van der Waals surface area contributed by atoms with Gasteiger partial charge < -0.3 is 10.1 Å². The van der Waals surface area contributed by atoms with Crippen molar-refractivity contribution in [2.75, 3.05) is 18.4 Å². The van der Waals surface area contributed by atoms with Crippen LogP contribution in [0.5, 0.6) is 0 Å². The molecule has 0 saturated carbocycles. The number of rotatable bonds is 4. The summed E-state index contributed by atoms with van der Waals surface area (Å²) in [5.74, 6) is 0.111. The predicted molar refractivity (Wildman–Crippen MR) is 90.5 cm³/mol. The highest BCUT2D eigenvalue weighted by molar-refractivity contribution is 7.13. The van der Waals surface area contributed by atoms with Crippen molar-refractivity contribution in [1.29, 1.82) is 0 Å². The zero-order chi connectivity index (χ0) is 15.6. The molecule has 0 radical (unpaired) electrons. The lowest BCUT2D eigenvalue weighted by Gasteiger charge is -2.18. The molecule has 1 N–H and O–H groups in total. The zero-order valence-electron chi connectivity index (χ0n) is 13.5. The van der Waals surface area contributed by atoms with Gasteiger partial charge in [-0.15, -0.1) is 11.3 Å². The van der Waals surface area contributed by atoms with Crippen molar-refractivity contribution < 1.29 is 9.53 Å². The second-order valence-corrected chi connectivity index (χ2v) is 7.90. The smallest absolute Gasteiger partial charge is 0.231 e. The molecule has 1 aromatic rings. The fourth-order valence-electron chi connectivity index (χ4n) is 4.07. The van der Waals surface area contributed by atoms with Crippen LogP contribution in [0.3, 0.4) is 0 Å². The van der Waals surface area contributed by atoms with Crippen LogP contribution in [0.2, 0.25) is 0 Å². The Morgan fingerprint density at radius 2 is 2.13 bits per heavy atom. The number of hydrogen-bond donors (Lipinski definition) is 1. The van der Waals surface area contributed by atoms with E-state index in [1.807, 2.05) is 0 Å². The number of fused-ring (bicyclic) bond motifs is 2. The standard InChI is InChI=1S/C17H25N3O2S/c21-16(14-9-13-5-6-15(14)22-13)19-17-18-12(11-23-17)10-20-7-3-1-2-4-8-20/h11,13-15H,1-10H2,(H,18,19,21). The molecule has 23 heavy (non-hydrogen) atoms. The number of nitrogens with zero attached hydrogens (tertiary/aromatic N) is 2. The molecular formula is C17H25N3O2S. The first-order valence-electron chi connectivity index (χ1n) is 8.91. The van der Waals surface area contributed by atoms with Crippen molar-refractivity contribution in [2.45, 2.75) is 63.7 Å². The van der Waals surface area contributed by atoms with Crippen molar-refractivity contribution in [3.05, 3.63) is 11.1 Å². The fourth-order valence-corrected chi connectivity index (χ4v) is 4.78. The van der Waals surface area contributed by atoms with Gasteiger partial charge in [-0.3, -0.25) is 9.69 Å². The van der Waals surface area contributed by atoms with E-state index in [9.17, 15) is 4.79 Å². The van der Waals surface area contributed by atoms with Crippen molar-refractivity contribution in [3.63, 3.8) is 0 Å². The maximum Gasteiger partial charge on any atom is 0.231 e. The first-order valence-corrected chi connectivity index (χ1v) is 9.79. The lowest BCUT2D eigenvalue weighted by atomic mass is 9.89. The maximum atomic E-state index is 12.4. The van der Waals surface area contributed by atoms with Gasteiger partial charge in [0.25, 0.3) is 0 Å². The van der Waals surface area contributed by atoms with Crippen molar-refractivity contribution in [3.8, 4) is 0 Å². The Balaban J connectivity index is 1.32. The monoisotopic (exact) mass is 335 g/mol. The van der Waals surface area contributed by atoms with E-state index < -0.39 is 0 Å². The molecule has 0 aliphatic carbocycles. The third-order valence-corrected chi connectivity index (χ3v) is 6.12. The Kier molecular flexibility index (Phi) is 4.64. The molecule has 1 amide bonds. The normalized spacial score (nSPS) is 31.2. The van der Waals surface area contributed by atoms with Crippen molar-refractivity contribution in [2.24, 2.45) is 5.92 Å². The number of thiazole rings is 1. The minimum atomic E-state index is 0.0201. The van der Waals surface area contributed by atoms with Gasteiger partial charge in [0.1, 0.15) is 0 Å². The number of ether oxygens (including phenoxy) is 1. The number of nitrogens with one attached hydrogen (secondary N) is 1. The number of hydrogen-bond acceptors (Lipinski definition) is 5. The average molecular weight is 335 g/mol. The minimum Gasteiger partial charge on any atom is -0.374 e. The van der Waals surface area contributed by atoms with E-state index in [1.165, 1.54) is 50.1 Å². The zero-order valence-corrected chi connectivity index (χ0v) is 14.3. The van der Waals surface area contributed by atoms with E-state index in [0.717, 1.165) is 36.6 Å². The molecule has 3 atom stereocenters. The lowest BCUT2D eigenvalue weighted by molar-refractivity contribution is -0.121. The summed E-state index contributed by atoms with van der Waals surface area (Å²) in [6, 6.07) is 0. The van der Waals surface area contributed by atoms with Gasteiger partial charge in [-0.25, -0.2) is 4.98 Å². The van der Waals surface area contributed by atoms with Crippen LogP contribution in [-0.4, -0.2) is 41.1 Å². The second kappa shape index (κ2) is 6.87. The topological polar surface area (TPSA) is 54.5 Å². The molecule has 3 saturated heterocycles. The van der Waals surface area contributed by atoms with Crippen LogP contribution in [0.1, 0.15) is 50.6 Å². The number of carbonyl (C=O) groups excluding carboxylic acids is 1. The van der Waals surface area contributed by atoms with Gasteiger partial charge in [0.2, 0.25) is 5.91 Å². The fraction of sp³-hybridized carbons (Fsp3) is 0.765. The highest BCUT2D eigenvalue weighted by Crippen LogP contribution is 2.39. The lowest BCUT2D eigenvalue weighted by Crippen LogP contribution is -2.30. The molecule has 4 heterocycles. The molecular weight excluding hydrogens is 310 g/mol. The molecule has 6 heteroatoms. The van der Waals surface area contributed by atoms with E-state index in [2.05, 4.69) is 20.6 Å². The molecule has 3 aliphatic heterocycles. The van der Waals surface area contributed by atoms with Crippen molar-refractivity contribution >= 4 is 22.4 Å². The molecule has 3 fully saturated rings. The minimum absolute atomic E-state index is 0.0201. The van der Waals surface area contributed by atoms with Gasteiger partial charge in [0.05, 0.1) is 23.8 Å². The Labute approximate surface area is 141 Å². The molecule has 0 spiro atoms. The van der Waals surface area contributed by atoms with Gasteiger partial charge in [-0.1, -0.05) is 12.8 Å². The average Bonchev–Trinajstić information content (AvgIpc) is 3.23. The van der Waals surface area contributed by atoms with E-state index in [-0.39, 0.29) is 17.9 Å². The van der Waals surface area contributed by atoms with Gasteiger partial charge in [-0.2, -0.15) is 0 Å². The van der Waals surface area contributed by atoms with E-state index in [1.54, 1.807) is 0 Å². The SMILES string of the molecule is O=C(Nc1nc(CN2CCCCCC2)cs1)C1CC2CCC1O2. The molecule has 1 aromatic heterocycles. The molecule has 5 nitrogen and oxygen atoms in total. The first kappa shape index (κ1) is 15.5. The number of aromatic nitrogens is 1. The van der Waals surface area contributed by atoms with E-state index >= 15 is 0 Å². The molecule has 0 aromatic carbocycles. The summed E-state index contributed by atoms with van der Waals surface area (Å²) in [6.07, 6.45) is 8.74. The number of likely N-dealkylation sites (tertiary alicyclic amines) is 1. The first-order chi connectivity index (χ1) is 11.3. The quantitative estimate of drug-likeness (QED) is 0.919. The Morgan fingerprint density at radius 1 is 1.30 bits per heavy atom. The van der Waals surface area contributed by atoms with Gasteiger partial charge in [0.15, 0.2) is 5.13 Å². The second-order valence-electron chi connectivity index (χ2n) is 7.04. The van der Waals surface area contributed by atoms with Gasteiger partial charge in [0, 0.05) is 11.9 Å². The molecule has 3 aliphatic rings. The number of anilines is 1. The van der Waals surface area contributed by atoms with Crippen LogP contribution in [0.15, 0.2) is 5.38 Å². The number of carbonyl (C=O) groups is 1. The molecule has 3 unspecified atom stereocenters. The van der Waals surface area contributed by atoms with Crippen LogP contribution < -0.4 is 5.32 Å². The molecule has 4 rings (SSSR count). The third-order valence-electron chi connectivity index (χ3n) is 5.31. The van der Waals surface area contributed by atoms with Crippen LogP contribution in [0, 0.1) is 5.92 Å². The van der Waals surface area contributed by atoms with Crippen LogP contribution >= 0.6 is 11.3 Å². The summed E-state index contributed by atoms with van der Waals surface area (Å²) in [6.45, 7) is 3.24. The predicted octanol–water partition coefficient (Wildman–Crippen LogP) is 3.03. The molecule has 126 valence electrons. The Morgan fingerprint density at radius 3 is 2.83 bits per heavy atom. The van der Waals surface area contributed by atoms with E-state index in [4.69, 9.17) is 4.74 Å². The third kappa shape index (κ3) is 3.59. The van der Waals surface area contributed by atoms with E-state index in [0.29, 0.717) is 6.10 Å². The van der Waals surface area contributed by atoms with Crippen molar-refractivity contribution in [1.82, 2.24) is 9.88 Å². The summed E-state index contributed by atoms with van der Waals surface area (Å²) in [5, 5.41) is 5.83. The van der Waals surface area contributed by atoms with Gasteiger partial charge in [-0.05, 0) is 45.2 Å². The summed E-state index contributed by atoms with van der Waals surface area (Å²) >= 11 is 1.54. The van der Waals surface area contributed by atoms with Gasteiger partial charge >= 0.3 is 0 Å².